The van der Waals surface area contributed by atoms with Gasteiger partial charge in [0.05, 0.1) is 6.54 Å². The Bertz CT molecular complexity index is 361. The van der Waals surface area contributed by atoms with Crippen molar-refractivity contribution in [3.63, 3.8) is 0 Å². The summed E-state index contributed by atoms with van der Waals surface area (Å²) in [5.41, 5.74) is 1.25. The Labute approximate surface area is 126 Å². The van der Waals surface area contributed by atoms with E-state index in [0.29, 0.717) is 0 Å². The van der Waals surface area contributed by atoms with E-state index in [0.717, 1.165) is 31.5 Å². The molecule has 0 spiro atoms. The number of nitrogens with zero attached hydrogens (tertiary/aromatic N) is 1. The summed E-state index contributed by atoms with van der Waals surface area (Å²) < 4.78 is 0. The molecule has 0 saturated heterocycles. The van der Waals surface area contributed by atoms with Crippen LogP contribution in [-0.4, -0.2) is 19.0 Å². The second kappa shape index (κ2) is 8.34. The van der Waals surface area contributed by atoms with Crippen LogP contribution in [0.15, 0.2) is 35.3 Å². The molecule has 1 aliphatic rings. The minimum absolute atomic E-state index is 0. The van der Waals surface area contributed by atoms with E-state index in [1.165, 1.54) is 18.4 Å². The second-order valence-electron chi connectivity index (χ2n) is 4.51. The molecule has 0 unspecified atom stereocenters. The zero-order chi connectivity index (χ0) is 11.9. The minimum Gasteiger partial charge on any atom is -0.357 e. The minimum atomic E-state index is 0. The number of nitrogens with one attached hydrogen (secondary N) is 2. The van der Waals surface area contributed by atoms with Crippen LogP contribution in [0.1, 0.15) is 25.3 Å². The van der Waals surface area contributed by atoms with Gasteiger partial charge in [-0.05, 0) is 31.2 Å². The van der Waals surface area contributed by atoms with Gasteiger partial charge in [0.2, 0.25) is 0 Å². The van der Waals surface area contributed by atoms with Gasteiger partial charge in [0.25, 0.3) is 0 Å². The van der Waals surface area contributed by atoms with Crippen molar-refractivity contribution in [1.29, 1.82) is 0 Å². The number of aliphatic imine (C=N–C) groups is 1. The molecule has 0 heterocycles. The molecule has 2 N–H and O–H groups in total. The predicted octanol–water partition coefficient (Wildman–Crippen LogP) is 2.77. The molecular formula is C14H22IN3. The average molecular weight is 359 g/mol. The molecule has 0 aromatic heterocycles. The average Bonchev–Trinajstić information content (AvgIpc) is 3.18. The van der Waals surface area contributed by atoms with Crippen molar-refractivity contribution < 1.29 is 0 Å². The highest BCUT2D eigenvalue weighted by Gasteiger charge is 2.20. The van der Waals surface area contributed by atoms with Crippen molar-refractivity contribution in [2.75, 3.05) is 13.1 Å². The number of rotatable bonds is 5. The van der Waals surface area contributed by atoms with E-state index in [1.807, 2.05) is 6.07 Å². The lowest BCUT2D eigenvalue weighted by Crippen LogP contribution is -2.38. The molecule has 1 aliphatic carbocycles. The van der Waals surface area contributed by atoms with Gasteiger partial charge in [-0.2, -0.15) is 0 Å². The molecular weight excluding hydrogens is 337 g/mol. The summed E-state index contributed by atoms with van der Waals surface area (Å²) in [6.07, 6.45) is 2.73. The van der Waals surface area contributed by atoms with Crippen molar-refractivity contribution in [2.45, 2.75) is 26.3 Å². The van der Waals surface area contributed by atoms with Gasteiger partial charge in [-0.1, -0.05) is 30.3 Å². The van der Waals surface area contributed by atoms with Crippen LogP contribution >= 0.6 is 24.0 Å². The summed E-state index contributed by atoms with van der Waals surface area (Å²) in [5.74, 6) is 1.80. The highest BCUT2D eigenvalue weighted by molar-refractivity contribution is 14.0. The second-order valence-corrected chi connectivity index (χ2v) is 4.51. The smallest absolute Gasteiger partial charge is 0.191 e. The van der Waals surface area contributed by atoms with Crippen LogP contribution in [-0.2, 0) is 6.54 Å². The summed E-state index contributed by atoms with van der Waals surface area (Å²) in [6, 6.07) is 10.3. The SMILES string of the molecule is CCNC(=NCc1ccccc1)NCC1CC1.I. The van der Waals surface area contributed by atoms with Crippen molar-refractivity contribution in [2.24, 2.45) is 10.9 Å². The van der Waals surface area contributed by atoms with E-state index in [1.54, 1.807) is 0 Å². The van der Waals surface area contributed by atoms with Gasteiger partial charge in [0, 0.05) is 13.1 Å². The first-order valence-corrected chi connectivity index (χ1v) is 6.44. The summed E-state index contributed by atoms with van der Waals surface area (Å²) >= 11 is 0. The maximum atomic E-state index is 4.58. The van der Waals surface area contributed by atoms with Gasteiger partial charge < -0.3 is 10.6 Å². The number of hydrogen-bond acceptors (Lipinski definition) is 1. The van der Waals surface area contributed by atoms with Gasteiger partial charge in [-0.25, -0.2) is 4.99 Å². The standard InChI is InChI=1S/C14H21N3.HI/c1-2-15-14(17-11-13-8-9-13)16-10-12-6-4-3-5-7-12;/h3-7,13H,2,8-11H2,1H3,(H2,15,16,17);1H. The highest BCUT2D eigenvalue weighted by Crippen LogP contribution is 2.27. The molecule has 1 saturated carbocycles. The Morgan fingerprint density at radius 3 is 2.56 bits per heavy atom. The van der Waals surface area contributed by atoms with E-state index in [-0.39, 0.29) is 24.0 Å². The number of hydrogen-bond donors (Lipinski definition) is 2. The van der Waals surface area contributed by atoms with E-state index in [4.69, 9.17) is 0 Å². The van der Waals surface area contributed by atoms with Crippen molar-refractivity contribution in [1.82, 2.24) is 10.6 Å². The van der Waals surface area contributed by atoms with Crippen LogP contribution < -0.4 is 10.6 Å². The maximum Gasteiger partial charge on any atom is 0.191 e. The molecule has 3 nitrogen and oxygen atoms in total. The molecule has 0 aliphatic heterocycles. The Balaban J connectivity index is 0.00000162. The zero-order valence-corrected chi connectivity index (χ0v) is 13.2. The van der Waals surface area contributed by atoms with E-state index in [9.17, 15) is 0 Å². The Hall–Kier alpha value is -0.780. The van der Waals surface area contributed by atoms with Crippen LogP contribution in [0, 0.1) is 5.92 Å². The van der Waals surface area contributed by atoms with E-state index >= 15 is 0 Å². The molecule has 4 heteroatoms. The highest BCUT2D eigenvalue weighted by atomic mass is 127. The lowest BCUT2D eigenvalue weighted by molar-refractivity contribution is 0.739. The van der Waals surface area contributed by atoms with Crippen LogP contribution in [0.5, 0.6) is 0 Å². The topological polar surface area (TPSA) is 36.4 Å². The molecule has 1 aromatic carbocycles. The molecule has 1 aromatic rings. The molecule has 18 heavy (non-hydrogen) atoms. The molecule has 1 fully saturated rings. The van der Waals surface area contributed by atoms with Gasteiger partial charge in [0.15, 0.2) is 5.96 Å². The summed E-state index contributed by atoms with van der Waals surface area (Å²) in [7, 11) is 0. The number of benzene rings is 1. The van der Waals surface area contributed by atoms with Gasteiger partial charge in [0.1, 0.15) is 0 Å². The summed E-state index contributed by atoms with van der Waals surface area (Å²) in [6.45, 7) is 4.80. The van der Waals surface area contributed by atoms with Gasteiger partial charge >= 0.3 is 0 Å². The maximum absolute atomic E-state index is 4.58. The van der Waals surface area contributed by atoms with Crippen LogP contribution in [0.25, 0.3) is 0 Å². The van der Waals surface area contributed by atoms with Crippen molar-refractivity contribution in [3.8, 4) is 0 Å². The molecule has 2 rings (SSSR count). The van der Waals surface area contributed by atoms with Crippen molar-refractivity contribution in [3.05, 3.63) is 35.9 Å². The third kappa shape index (κ3) is 5.71. The van der Waals surface area contributed by atoms with E-state index < -0.39 is 0 Å². The predicted molar refractivity (Wildman–Crippen MR) is 87.4 cm³/mol. The Morgan fingerprint density at radius 2 is 1.94 bits per heavy atom. The first-order valence-electron chi connectivity index (χ1n) is 6.44. The first-order chi connectivity index (χ1) is 8.38. The molecule has 0 bridgehead atoms. The molecule has 0 radical (unpaired) electrons. The third-order valence-corrected chi connectivity index (χ3v) is 2.86. The largest absolute Gasteiger partial charge is 0.357 e. The summed E-state index contributed by atoms with van der Waals surface area (Å²) in [5, 5.41) is 6.67. The summed E-state index contributed by atoms with van der Waals surface area (Å²) in [4.78, 5) is 4.58. The fraction of sp³-hybridized carbons (Fsp3) is 0.500. The molecule has 100 valence electrons. The van der Waals surface area contributed by atoms with Crippen LogP contribution in [0.2, 0.25) is 0 Å². The Kier molecular flexibility index (Phi) is 7.08. The van der Waals surface area contributed by atoms with E-state index in [2.05, 4.69) is 46.8 Å². The molecule has 0 atom stereocenters. The normalized spacial score (nSPS) is 14.8. The lowest BCUT2D eigenvalue weighted by Gasteiger charge is -2.10. The quantitative estimate of drug-likeness (QED) is 0.482. The lowest BCUT2D eigenvalue weighted by atomic mass is 10.2. The number of halogens is 1. The monoisotopic (exact) mass is 359 g/mol. The van der Waals surface area contributed by atoms with Crippen LogP contribution in [0.4, 0.5) is 0 Å². The number of guanidine groups is 1. The van der Waals surface area contributed by atoms with Gasteiger partial charge in [-0.15, -0.1) is 24.0 Å². The fourth-order valence-corrected chi connectivity index (χ4v) is 1.66. The fourth-order valence-electron chi connectivity index (χ4n) is 1.66. The molecule has 0 amide bonds. The van der Waals surface area contributed by atoms with Gasteiger partial charge in [-0.3, -0.25) is 0 Å². The third-order valence-electron chi connectivity index (χ3n) is 2.86. The Morgan fingerprint density at radius 1 is 1.22 bits per heavy atom. The van der Waals surface area contributed by atoms with Crippen LogP contribution in [0.3, 0.4) is 0 Å². The zero-order valence-electron chi connectivity index (χ0n) is 10.9. The van der Waals surface area contributed by atoms with Crippen molar-refractivity contribution >= 4 is 29.9 Å². The first kappa shape index (κ1) is 15.3.